The Morgan fingerprint density at radius 1 is 1.32 bits per heavy atom. The molecule has 2 unspecified atom stereocenters. The first-order valence-corrected chi connectivity index (χ1v) is 6.69. The van der Waals surface area contributed by atoms with Gasteiger partial charge in [0.05, 0.1) is 18.8 Å². The first kappa shape index (κ1) is 16.1. The third-order valence-electron chi connectivity index (χ3n) is 2.98. The number of ether oxygens (including phenoxy) is 1. The summed E-state index contributed by atoms with van der Waals surface area (Å²) < 4.78 is 18.8. The zero-order valence-electron chi connectivity index (χ0n) is 12.1. The van der Waals surface area contributed by atoms with Gasteiger partial charge in [0.2, 0.25) is 0 Å². The van der Waals surface area contributed by atoms with Gasteiger partial charge in [-0.1, -0.05) is 12.1 Å². The molecule has 0 heterocycles. The van der Waals surface area contributed by atoms with Crippen LogP contribution in [0.15, 0.2) is 18.2 Å². The van der Waals surface area contributed by atoms with Crippen molar-refractivity contribution < 1.29 is 14.2 Å². The van der Waals surface area contributed by atoms with Gasteiger partial charge in [-0.15, -0.1) is 0 Å². The van der Waals surface area contributed by atoms with E-state index >= 15 is 0 Å². The summed E-state index contributed by atoms with van der Waals surface area (Å²) in [6.45, 7) is 8.27. The van der Waals surface area contributed by atoms with E-state index in [1.54, 1.807) is 13.0 Å². The van der Waals surface area contributed by atoms with Gasteiger partial charge in [0.25, 0.3) is 0 Å². The Bertz CT molecular complexity index is 396. The molecule has 2 N–H and O–H groups in total. The van der Waals surface area contributed by atoms with Crippen molar-refractivity contribution in [3.63, 3.8) is 0 Å². The Morgan fingerprint density at radius 3 is 2.58 bits per heavy atom. The Kier molecular flexibility index (Phi) is 6.42. The Balaban J connectivity index is 2.42. The highest BCUT2D eigenvalue weighted by atomic mass is 19.1. The van der Waals surface area contributed by atoms with E-state index < -0.39 is 6.10 Å². The smallest absolute Gasteiger partial charge is 0.126 e. The summed E-state index contributed by atoms with van der Waals surface area (Å²) in [6.07, 6.45) is -0.446. The largest absolute Gasteiger partial charge is 0.389 e. The zero-order chi connectivity index (χ0) is 14.4. The van der Waals surface area contributed by atoms with Gasteiger partial charge in [-0.25, -0.2) is 4.39 Å². The van der Waals surface area contributed by atoms with Crippen LogP contribution in [-0.2, 0) is 4.74 Å². The maximum atomic E-state index is 13.5. The van der Waals surface area contributed by atoms with Crippen molar-refractivity contribution in [3.05, 3.63) is 35.1 Å². The van der Waals surface area contributed by atoms with E-state index in [4.69, 9.17) is 4.74 Å². The van der Waals surface area contributed by atoms with Crippen LogP contribution >= 0.6 is 0 Å². The molecule has 0 radical (unpaired) electrons. The molecule has 19 heavy (non-hydrogen) atoms. The van der Waals surface area contributed by atoms with Gasteiger partial charge in [-0.2, -0.15) is 0 Å². The van der Waals surface area contributed by atoms with E-state index in [0.29, 0.717) is 18.7 Å². The Labute approximate surface area is 114 Å². The highest BCUT2D eigenvalue weighted by molar-refractivity contribution is 5.25. The van der Waals surface area contributed by atoms with Crippen molar-refractivity contribution in [3.8, 4) is 0 Å². The molecule has 0 saturated heterocycles. The summed E-state index contributed by atoms with van der Waals surface area (Å²) in [5, 5.41) is 12.9. The van der Waals surface area contributed by atoms with Gasteiger partial charge in [-0.05, 0) is 44.9 Å². The number of nitrogens with one attached hydrogen (secondary N) is 1. The Hall–Kier alpha value is -0.970. The number of rotatable bonds is 7. The molecule has 0 fully saturated rings. The van der Waals surface area contributed by atoms with Crippen molar-refractivity contribution in [1.82, 2.24) is 5.32 Å². The molecular formula is C15H24FNO2. The van der Waals surface area contributed by atoms with Crippen molar-refractivity contribution >= 4 is 0 Å². The number of aliphatic hydroxyl groups excluding tert-OH is 1. The minimum Gasteiger partial charge on any atom is -0.389 e. The van der Waals surface area contributed by atoms with Crippen molar-refractivity contribution in [2.24, 2.45) is 0 Å². The van der Waals surface area contributed by atoms with Crippen LogP contribution in [0.25, 0.3) is 0 Å². The van der Waals surface area contributed by atoms with Crippen molar-refractivity contribution in [2.75, 3.05) is 13.2 Å². The number of aryl methyl sites for hydroxylation is 1. The summed E-state index contributed by atoms with van der Waals surface area (Å²) in [7, 11) is 0. The average molecular weight is 269 g/mol. The molecule has 0 aliphatic rings. The molecular weight excluding hydrogens is 245 g/mol. The monoisotopic (exact) mass is 269 g/mol. The van der Waals surface area contributed by atoms with Gasteiger partial charge in [-0.3, -0.25) is 0 Å². The summed E-state index contributed by atoms with van der Waals surface area (Å²) in [4.78, 5) is 0. The molecule has 0 aliphatic carbocycles. The van der Waals surface area contributed by atoms with Crippen molar-refractivity contribution in [2.45, 2.75) is 45.9 Å². The number of hydrogen-bond acceptors (Lipinski definition) is 3. The second-order valence-corrected chi connectivity index (χ2v) is 5.17. The number of halogens is 1. The van der Waals surface area contributed by atoms with Crippen LogP contribution in [0.2, 0.25) is 0 Å². The highest BCUT2D eigenvalue weighted by Gasteiger charge is 2.10. The van der Waals surface area contributed by atoms with E-state index in [1.807, 2.05) is 26.8 Å². The van der Waals surface area contributed by atoms with Gasteiger partial charge < -0.3 is 15.2 Å². The van der Waals surface area contributed by atoms with Crippen molar-refractivity contribution in [1.29, 1.82) is 0 Å². The molecule has 0 saturated carbocycles. The molecule has 0 amide bonds. The molecule has 3 nitrogen and oxygen atoms in total. The second-order valence-electron chi connectivity index (χ2n) is 5.17. The molecule has 1 aromatic rings. The third kappa shape index (κ3) is 5.68. The number of benzene rings is 1. The predicted octanol–water partition coefficient (Wildman–Crippen LogP) is 2.57. The summed E-state index contributed by atoms with van der Waals surface area (Å²) in [5.41, 5.74) is 1.52. The van der Waals surface area contributed by atoms with Gasteiger partial charge >= 0.3 is 0 Å². The van der Waals surface area contributed by atoms with E-state index in [0.717, 1.165) is 5.56 Å². The molecule has 0 aliphatic heterocycles. The molecule has 0 bridgehead atoms. The molecule has 2 atom stereocenters. The number of aliphatic hydroxyl groups is 1. The highest BCUT2D eigenvalue weighted by Crippen LogP contribution is 2.16. The summed E-state index contributed by atoms with van der Waals surface area (Å²) >= 11 is 0. The Morgan fingerprint density at radius 2 is 2.00 bits per heavy atom. The molecule has 108 valence electrons. The fourth-order valence-corrected chi connectivity index (χ4v) is 1.67. The fraction of sp³-hybridized carbons (Fsp3) is 0.600. The lowest BCUT2D eigenvalue weighted by atomic mass is 10.1. The number of hydrogen-bond donors (Lipinski definition) is 2. The minimum absolute atomic E-state index is 0.0104. The van der Waals surface area contributed by atoms with E-state index in [9.17, 15) is 9.50 Å². The predicted molar refractivity (Wildman–Crippen MR) is 74.6 cm³/mol. The summed E-state index contributed by atoms with van der Waals surface area (Å²) in [6, 6.07) is 5.18. The van der Waals surface area contributed by atoms with Crippen LogP contribution in [0.5, 0.6) is 0 Å². The zero-order valence-corrected chi connectivity index (χ0v) is 12.1. The molecule has 4 heteroatoms. The normalized spacial score (nSPS) is 14.7. The lowest BCUT2D eigenvalue weighted by molar-refractivity contribution is 0.00560. The van der Waals surface area contributed by atoms with Crippen LogP contribution in [0.3, 0.4) is 0 Å². The first-order chi connectivity index (χ1) is 8.90. The lowest BCUT2D eigenvalue weighted by Crippen LogP contribution is -2.32. The quantitative estimate of drug-likeness (QED) is 0.799. The SMILES string of the molecule is Cc1ccc(C(C)NCC(O)COC(C)C)cc1F. The second kappa shape index (κ2) is 7.58. The van der Waals surface area contributed by atoms with Crippen LogP contribution < -0.4 is 5.32 Å². The molecule has 0 spiro atoms. The average Bonchev–Trinajstić information content (AvgIpc) is 2.36. The molecule has 1 aromatic carbocycles. The van der Waals surface area contributed by atoms with Gasteiger partial charge in [0.15, 0.2) is 0 Å². The van der Waals surface area contributed by atoms with Crippen LogP contribution in [0.1, 0.15) is 37.9 Å². The first-order valence-electron chi connectivity index (χ1n) is 6.69. The van der Waals surface area contributed by atoms with E-state index in [-0.39, 0.29) is 18.0 Å². The fourth-order valence-electron chi connectivity index (χ4n) is 1.67. The summed E-state index contributed by atoms with van der Waals surface area (Å²) in [5.74, 6) is -0.199. The van der Waals surface area contributed by atoms with Gasteiger partial charge in [0, 0.05) is 12.6 Å². The maximum Gasteiger partial charge on any atom is 0.126 e. The lowest BCUT2D eigenvalue weighted by Gasteiger charge is -2.18. The molecule has 0 aromatic heterocycles. The van der Waals surface area contributed by atoms with Crippen LogP contribution in [0.4, 0.5) is 4.39 Å². The standard InChI is InChI=1S/C15H24FNO2/c1-10(2)19-9-14(18)8-17-12(4)13-6-5-11(3)15(16)7-13/h5-7,10,12,14,17-18H,8-9H2,1-4H3. The van der Waals surface area contributed by atoms with Crippen LogP contribution in [-0.4, -0.2) is 30.5 Å². The maximum absolute atomic E-state index is 13.5. The topological polar surface area (TPSA) is 41.5 Å². The van der Waals surface area contributed by atoms with Gasteiger partial charge in [0.1, 0.15) is 5.82 Å². The van der Waals surface area contributed by atoms with E-state index in [2.05, 4.69) is 5.32 Å². The van der Waals surface area contributed by atoms with Crippen LogP contribution in [0, 0.1) is 12.7 Å². The molecule has 1 rings (SSSR count). The minimum atomic E-state index is -0.555. The van der Waals surface area contributed by atoms with E-state index in [1.165, 1.54) is 6.07 Å². The third-order valence-corrected chi connectivity index (χ3v) is 2.98.